The Bertz CT molecular complexity index is 618. The van der Waals surface area contributed by atoms with Gasteiger partial charge in [-0.05, 0) is 18.2 Å². The van der Waals surface area contributed by atoms with Crippen molar-refractivity contribution in [1.29, 1.82) is 0 Å². The molecule has 0 aliphatic heterocycles. The largest absolute Gasteiger partial charge is 0.472 e. The van der Waals surface area contributed by atoms with Crippen LogP contribution in [0.2, 0.25) is 0 Å². The highest BCUT2D eigenvalue weighted by molar-refractivity contribution is 5.79. The van der Waals surface area contributed by atoms with Crippen LogP contribution in [0.3, 0.4) is 0 Å². The molecule has 124 valence electrons. The molecule has 0 fully saturated rings. The molecule has 0 bridgehead atoms. The van der Waals surface area contributed by atoms with Crippen LogP contribution in [0.15, 0.2) is 46.0 Å². The van der Waals surface area contributed by atoms with Crippen LogP contribution in [0.25, 0.3) is 0 Å². The maximum Gasteiger partial charge on any atom is 0.272 e. The summed E-state index contributed by atoms with van der Waals surface area (Å²) in [6.45, 7) is 0.206. The number of alkyl halides is 2. The summed E-state index contributed by atoms with van der Waals surface area (Å²) in [6, 6.07) is 8.66. The summed E-state index contributed by atoms with van der Waals surface area (Å²) in [7, 11) is 1.65. The Kier molecular flexibility index (Phi) is 6.34. The fraction of sp³-hybridized carbons (Fsp3) is 0.333. The van der Waals surface area contributed by atoms with Gasteiger partial charge in [0, 0.05) is 13.1 Å². The molecule has 2 N–H and O–H groups in total. The summed E-state index contributed by atoms with van der Waals surface area (Å²) in [5.74, 6) is 1.53. The molecule has 2 rings (SSSR count). The Balaban J connectivity index is 1.82. The Labute approximate surface area is 132 Å². The van der Waals surface area contributed by atoms with Gasteiger partial charge in [0.1, 0.15) is 5.76 Å². The van der Waals surface area contributed by atoms with E-state index in [9.17, 15) is 8.78 Å². The number of aromatic nitrogens is 1. The summed E-state index contributed by atoms with van der Waals surface area (Å²) < 4.78 is 34.4. The third-order valence-electron chi connectivity index (χ3n) is 2.81. The molecule has 0 aromatic carbocycles. The van der Waals surface area contributed by atoms with Crippen molar-refractivity contribution in [2.75, 3.05) is 13.7 Å². The smallest absolute Gasteiger partial charge is 0.272 e. The molecule has 0 saturated heterocycles. The fourth-order valence-corrected chi connectivity index (χ4v) is 1.76. The van der Waals surface area contributed by atoms with E-state index < -0.39 is 13.0 Å². The number of nitrogens with zero attached hydrogens (tertiary/aromatic N) is 2. The Morgan fingerprint density at radius 1 is 1.26 bits per heavy atom. The Morgan fingerprint density at radius 3 is 2.78 bits per heavy atom. The number of hydrogen-bond donors (Lipinski definition) is 2. The van der Waals surface area contributed by atoms with E-state index in [2.05, 4.69) is 20.6 Å². The average molecular weight is 324 g/mol. The molecule has 0 unspecified atom stereocenters. The van der Waals surface area contributed by atoms with Crippen LogP contribution in [-0.4, -0.2) is 31.0 Å². The van der Waals surface area contributed by atoms with E-state index in [-0.39, 0.29) is 5.88 Å². The minimum atomic E-state index is -2.52. The lowest BCUT2D eigenvalue weighted by molar-refractivity contribution is 0.0795. The number of guanidine groups is 1. The molecular formula is C15H18F2N4O2. The zero-order valence-electron chi connectivity index (χ0n) is 12.6. The van der Waals surface area contributed by atoms with Gasteiger partial charge in [-0.1, -0.05) is 6.07 Å². The lowest BCUT2D eigenvalue weighted by Crippen LogP contribution is -2.36. The first kappa shape index (κ1) is 16.7. The number of halogens is 2. The predicted molar refractivity (Wildman–Crippen MR) is 81.5 cm³/mol. The standard InChI is InChI=1S/C15H18F2N4O2/c1-18-15(20-9-12-5-3-7-22-12)19-8-11-4-2-6-14(21-11)23-10-13(16)17/h2-7,13H,8-10H2,1H3,(H2,18,19,20). The van der Waals surface area contributed by atoms with E-state index in [1.807, 2.05) is 12.1 Å². The molecule has 2 aromatic rings. The van der Waals surface area contributed by atoms with Gasteiger partial charge in [0.2, 0.25) is 5.88 Å². The Hall–Kier alpha value is -2.64. The third-order valence-corrected chi connectivity index (χ3v) is 2.81. The van der Waals surface area contributed by atoms with Crippen LogP contribution < -0.4 is 15.4 Å². The second kappa shape index (κ2) is 8.72. The van der Waals surface area contributed by atoms with Gasteiger partial charge >= 0.3 is 0 Å². The minimum Gasteiger partial charge on any atom is -0.472 e. The second-order valence-corrected chi connectivity index (χ2v) is 4.53. The van der Waals surface area contributed by atoms with Crippen LogP contribution in [0, 0.1) is 0 Å². The zero-order valence-corrected chi connectivity index (χ0v) is 12.6. The van der Waals surface area contributed by atoms with E-state index in [1.165, 1.54) is 6.07 Å². The maximum atomic E-state index is 12.1. The molecule has 0 spiro atoms. The van der Waals surface area contributed by atoms with E-state index >= 15 is 0 Å². The van der Waals surface area contributed by atoms with E-state index in [0.29, 0.717) is 24.7 Å². The summed E-state index contributed by atoms with van der Waals surface area (Å²) in [4.78, 5) is 8.22. The van der Waals surface area contributed by atoms with Crippen molar-refractivity contribution in [2.45, 2.75) is 19.5 Å². The van der Waals surface area contributed by atoms with Crippen molar-refractivity contribution >= 4 is 5.96 Å². The Morgan fingerprint density at radius 2 is 2.09 bits per heavy atom. The summed E-state index contributed by atoms with van der Waals surface area (Å²) >= 11 is 0. The number of pyridine rings is 1. The molecule has 23 heavy (non-hydrogen) atoms. The first-order chi connectivity index (χ1) is 11.2. The topological polar surface area (TPSA) is 71.7 Å². The van der Waals surface area contributed by atoms with Gasteiger partial charge in [0.25, 0.3) is 6.43 Å². The van der Waals surface area contributed by atoms with E-state index in [4.69, 9.17) is 9.15 Å². The van der Waals surface area contributed by atoms with Gasteiger partial charge in [-0.2, -0.15) is 0 Å². The highest BCUT2D eigenvalue weighted by Gasteiger charge is 2.06. The van der Waals surface area contributed by atoms with Crippen LogP contribution >= 0.6 is 0 Å². The quantitative estimate of drug-likeness (QED) is 0.603. The lowest BCUT2D eigenvalue weighted by Gasteiger charge is -2.11. The van der Waals surface area contributed by atoms with Gasteiger partial charge in [0.15, 0.2) is 12.6 Å². The summed E-state index contributed by atoms with van der Waals surface area (Å²) in [5, 5.41) is 6.15. The highest BCUT2D eigenvalue weighted by atomic mass is 19.3. The number of rotatable bonds is 7. The van der Waals surface area contributed by atoms with E-state index in [0.717, 1.165) is 5.76 Å². The molecule has 2 heterocycles. The number of furan rings is 1. The SMILES string of the molecule is CN=C(NCc1cccc(OCC(F)F)n1)NCc1ccco1. The third kappa shape index (κ3) is 5.93. The van der Waals surface area contributed by atoms with Gasteiger partial charge in [-0.25, -0.2) is 13.8 Å². The van der Waals surface area contributed by atoms with Crippen molar-refractivity contribution in [3.05, 3.63) is 48.0 Å². The van der Waals surface area contributed by atoms with Crippen molar-refractivity contribution in [3.8, 4) is 5.88 Å². The maximum absolute atomic E-state index is 12.1. The fourth-order valence-electron chi connectivity index (χ4n) is 1.76. The van der Waals surface area contributed by atoms with Crippen LogP contribution in [0.4, 0.5) is 8.78 Å². The molecule has 6 nitrogen and oxygen atoms in total. The number of nitrogens with one attached hydrogen (secondary N) is 2. The van der Waals surface area contributed by atoms with Gasteiger partial charge in [0.05, 0.1) is 25.0 Å². The summed E-state index contributed by atoms with van der Waals surface area (Å²) in [6.07, 6.45) is -0.926. The molecule has 0 radical (unpaired) electrons. The normalized spacial score (nSPS) is 11.6. The molecule has 0 atom stereocenters. The molecule has 0 aliphatic rings. The molecule has 0 saturated carbocycles. The minimum absolute atomic E-state index is 0.170. The summed E-state index contributed by atoms with van der Waals surface area (Å²) in [5.41, 5.74) is 0.651. The zero-order chi connectivity index (χ0) is 16.5. The van der Waals surface area contributed by atoms with Crippen LogP contribution in [-0.2, 0) is 13.1 Å². The molecular weight excluding hydrogens is 306 g/mol. The van der Waals surface area contributed by atoms with Crippen molar-refractivity contribution in [1.82, 2.24) is 15.6 Å². The first-order valence-corrected chi connectivity index (χ1v) is 7.01. The number of aliphatic imine (C=N–C) groups is 1. The van der Waals surface area contributed by atoms with Gasteiger partial charge in [-0.3, -0.25) is 4.99 Å². The average Bonchev–Trinajstić information content (AvgIpc) is 3.07. The van der Waals surface area contributed by atoms with Gasteiger partial charge < -0.3 is 19.8 Å². The molecule has 0 aliphatic carbocycles. The number of ether oxygens (including phenoxy) is 1. The van der Waals surface area contributed by atoms with Crippen molar-refractivity contribution < 1.29 is 17.9 Å². The predicted octanol–water partition coefficient (Wildman–Crippen LogP) is 2.18. The van der Waals surface area contributed by atoms with Crippen molar-refractivity contribution in [3.63, 3.8) is 0 Å². The second-order valence-electron chi connectivity index (χ2n) is 4.53. The van der Waals surface area contributed by atoms with Crippen LogP contribution in [0.5, 0.6) is 5.88 Å². The lowest BCUT2D eigenvalue weighted by atomic mass is 10.3. The molecule has 8 heteroatoms. The monoisotopic (exact) mass is 324 g/mol. The highest BCUT2D eigenvalue weighted by Crippen LogP contribution is 2.08. The van der Waals surface area contributed by atoms with E-state index in [1.54, 1.807) is 25.4 Å². The first-order valence-electron chi connectivity index (χ1n) is 7.01. The van der Waals surface area contributed by atoms with Crippen LogP contribution in [0.1, 0.15) is 11.5 Å². The number of hydrogen-bond acceptors (Lipinski definition) is 4. The molecule has 2 aromatic heterocycles. The van der Waals surface area contributed by atoms with Gasteiger partial charge in [-0.15, -0.1) is 0 Å². The van der Waals surface area contributed by atoms with Crippen molar-refractivity contribution in [2.24, 2.45) is 4.99 Å². The molecule has 0 amide bonds.